The third-order valence-electron chi connectivity index (χ3n) is 2.51. The van der Waals surface area contributed by atoms with E-state index in [1.807, 2.05) is 13.0 Å². The summed E-state index contributed by atoms with van der Waals surface area (Å²) >= 11 is 0. The molecule has 0 saturated carbocycles. The molecule has 0 aliphatic carbocycles. The maximum Gasteiger partial charge on any atom is 0.131 e. The number of aliphatic hydroxyl groups excluding tert-OH is 1. The van der Waals surface area contributed by atoms with Gasteiger partial charge in [-0.25, -0.2) is 9.97 Å². The number of aliphatic hydroxyl groups is 1. The van der Waals surface area contributed by atoms with Crippen molar-refractivity contribution in [1.82, 2.24) is 9.97 Å². The molecule has 0 aliphatic rings. The summed E-state index contributed by atoms with van der Waals surface area (Å²) in [4.78, 5) is 8.88. The molecule has 3 heteroatoms. The van der Waals surface area contributed by atoms with Crippen molar-refractivity contribution in [2.75, 3.05) is 0 Å². The van der Waals surface area contributed by atoms with Gasteiger partial charge in [-0.05, 0) is 19.4 Å². The van der Waals surface area contributed by atoms with Crippen LogP contribution in [0.1, 0.15) is 56.7 Å². The van der Waals surface area contributed by atoms with Gasteiger partial charge < -0.3 is 5.11 Å². The summed E-state index contributed by atoms with van der Waals surface area (Å²) in [5, 5.41) is 9.76. The summed E-state index contributed by atoms with van der Waals surface area (Å²) in [6.07, 6.45) is 2.19. The van der Waals surface area contributed by atoms with E-state index in [1.54, 1.807) is 0 Å². The van der Waals surface area contributed by atoms with Gasteiger partial charge in [-0.15, -0.1) is 0 Å². The molecule has 0 aliphatic heterocycles. The molecule has 3 nitrogen and oxygen atoms in total. The van der Waals surface area contributed by atoms with Crippen molar-refractivity contribution < 1.29 is 5.11 Å². The zero-order valence-corrected chi connectivity index (χ0v) is 10.7. The molecule has 1 N–H and O–H groups in total. The average Bonchev–Trinajstić information content (AvgIpc) is 2.16. The lowest BCUT2D eigenvalue weighted by Crippen LogP contribution is -2.13. The highest BCUT2D eigenvalue weighted by molar-refractivity contribution is 5.12. The first kappa shape index (κ1) is 13.1. The summed E-state index contributed by atoms with van der Waals surface area (Å²) in [6, 6.07) is 1.96. The second-order valence-corrected chi connectivity index (χ2v) is 4.66. The van der Waals surface area contributed by atoms with Crippen LogP contribution in [0.25, 0.3) is 0 Å². The van der Waals surface area contributed by atoms with E-state index >= 15 is 0 Å². The Labute approximate surface area is 97.9 Å². The molecule has 1 unspecified atom stereocenters. The molecule has 1 heterocycles. The summed E-state index contributed by atoms with van der Waals surface area (Å²) in [6.45, 7) is 8.22. The Morgan fingerprint density at radius 1 is 1.31 bits per heavy atom. The molecule has 0 bridgehead atoms. The smallest absolute Gasteiger partial charge is 0.131 e. The molecule has 0 amide bonds. The highest BCUT2D eigenvalue weighted by atomic mass is 16.3. The van der Waals surface area contributed by atoms with Crippen LogP contribution in [0.3, 0.4) is 0 Å². The Balaban J connectivity index is 2.80. The standard InChI is InChI=1S/C13H22N2O/c1-5-6-12(16)8-11-7-10(4)14-13(15-11)9(2)3/h7,9,12,16H,5-6,8H2,1-4H3. The van der Waals surface area contributed by atoms with Crippen molar-refractivity contribution in [3.63, 3.8) is 0 Å². The zero-order valence-electron chi connectivity index (χ0n) is 10.7. The molecule has 16 heavy (non-hydrogen) atoms. The highest BCUT2D eigenvalue weighted by Crippen LogP contribution is 2.12. The molecule has 1 atom stereocenters. The molecule has 0 spiro atoms. The Morgan fingerprint density at radius 3 is 2.56 bits per heavy atom. The monoisotopic (exact) mass is 222 g/mol. The molecular formula is C13H22N2O. The van der Waals surface area contributed by atoms with E-state index < -0.39 is 0 Å². The normalized spacial score (nSPS) is 13.1. The van der Waals surface area contributed by atoms with Crippen LogP contribution in [-0.2, 0) is 6.42 Å². The molecule has 90 valence electrons. The van der Waals surface area contributed by atoms with E-state index in [9.17, 15) is 5.11 Å². The summed E-state index contributed by atoms with van der Waals surface area (Å²) in [5.74, 6) is 1.21. The maximum absolute atomic E-state index is 9.76. The Morgan fingerprint density at radius 2 is 2.00 bits per heavy atom. The number of nitrogens with zero attached hydrogens (tertiary/aromatic N) is 2. The van der Waals surface area contributed by atoms with Crippen molar-refractivity contribution in [3.05, 3.63) is 23.3 Å². The van der Waals surface area contributed by atoms with Gasteiger partial charge in [0.15, 0.2) is 0 Å². The lowest BCUT2D eigenvalue weighted by atomic mass is 10.1. The van der Waals surface area contributed by atoms with E-state index in [0.717, 1.165) is 30.1 Å². The fourth-order valence-electron chi connectivity index (χ4n) is 1.70. The first-order valence-electron chi connectivity index (χ1n) is 6.05. The van der Waals surface area contributed by atoms with Crippen LogP contribution >= 0.6 is 0 Å². The fourth-order valence-corrected chi connectivity index (χ4v) is 1.70. The van der Waals surface area contributed by atoms with E-state index in [1.165, 1.54) is 0 Å². The predicted octanol–water partition coefficient (Wildman–Crippen LogP) is 2.61. The van der Waals surface area contributed by atoms with Crippen LogP contribution in [0, 0.1) is 6.92 Å². The number of aryl methyl sites for hydroxylation is 1. The molecular weight excluding hydrogens is 200 g/mol. The molecule has 1 rings (SSSR count). The molecule has 1 aromatic heterocycles. The van der Waals surface area contributed by atoms with E-state index in [-0.39, 0.29) is 6.10 Å². The minimum atomic E-state index is -0.278. The maximum atomic E-state index is 9.76. The first-order valence-corrected chi connectivity index (χ1v) is 6.05. The third-order valence-corrected chi connectivity index (χ3v) is 2.51. The Kier molecular flexibility index (Phi) is 4.87. The van der Waals surface area contributed by atoms with Crippen molar-refractivity contribution in [1.29, 1.82) is 0 Å². The van der Waals surface area contributed by atoms with Gasteiger partial charge in [0.05, 0.1) is 6.10 Å². The molecule has 1 aromatic rings. The summed E-state index contributed by atoms with van der Waals surface area (Å²) in [7, 11) is 0. The van der Waals surface area contributed by atoms with Crippen molar-refractivity contribution in [2.24, 2.45) is 0 Å². The van der Waals surface area contributed by atoms with E-state index in [4.69, 9.17) is 0 Å². The summed E-state index contributed by atoms with van der Waals surface area (Å²) in [5.41, 5.74) is 1.94. The quantitative estimate of drug-likeness (QED) is 0.833. The zero-order chi connectivity index (χ0) is 12.1. The third kappa shape index (κ3) is 3.89. The molecule has 0 radical (unpaired) electrons. The largest absolute Gasteiger partial charge is 0.393 e. The summed E-state index contributed by atoms with van der Waals surface area (Å²) < 4.78 is 0. The van der Waals surface area contributed by atoms with Gasteiger partial charge in [-0.3, -0.25) is 0 Å². The van der Waals surface area contributed by atoms with Crippen LogP contribution in [0.2, 0.25) is 0 Å². The van der Waals surface area contributed by atoms with Gasteiger partial charge in [0.1, 0.15) is 5.82 Å². The molecule has 0 fully saturated rings. The first-order chi connectivity index (χ1) is 7.52. The number of aromatic nitrogens is 2. The number of hydrogen-bond acceptors (Lipinski definition) is 3. The number of rotatable bonds is 5. The topological polar surface area (TPSA) is 46.0 Å². The second-order valence-electron chi connectivity index (χ2n) is 4.66. The Hall–Kier alpha value is -0.960. The molecule has 0 aromatic carbocycles. The lowest BCUT2D eigenvalue weighted by molar-refractivity contribution is 0.162. The van der Waals surface area contributed by atoms with Crippen LogP contribution in [0.15, 0.2) is 6.07 Å². The number of hydrogen-bond donors (Lipinski definition) is 1. The minimum Gasteiger partial charge on any atom is -0.393 e. The highest BCUT2D eigenvalue weighted by Gasteiger charge is 2.09. The van der Waals surface area contributed by atoms with Crippen LogP contribution in [-0.4, -0.2) is 21.2 Å². The van der Waals surface area contributed by atoms with Gasteiger partial charge >= 0.3 is 0 Å². The Bertz CT molecular complexity index is 337. The van der Waals surface area contributed by atoms with E-state index in [0.29, 0.717) is 12.3 Å². The van der Waals surface area contributed by atoms with Crippen molar-refractivity contribution in [2.45, 2.75) is 59.0 Å². The second kappa shape index (κ2) is 5.94. The van der Waals surface area contributed by atoms with Gasteiger partial charge in [0, 0.05) is 23.7 Å². The van der Waals surface area contributed by atoms with Gasteiger partial charge in [0.25, 0.3) is 0 Å². The van der Waals surface area contributed by atoms with Crippen molar-refractivity contribution >= 4 is 0 Å². The van der Waals surface area contributed by atoms with Crippen LogP contribution in [0.5, 0.6) is 0 Å². The predicted molar refractivity (Wildman–Crippen MR) is 65.5 cm³/mol. The van der Waals surface area contributed by atoms with Gasteiger partial charge in [-0.2, -0.15) is 0 Å². The van der Waals surface area contributed by atoms with Gasteiger partial charge in [0.2, 0.25) is 0 Å². The van der Waals surface area contributed by atoms with Crippen LogP contribution < -0.4 is 0 Å². The average molecular weight is 222 g/mol. The van der Waals surface area contributed by atoms with Crippen LogP contribution in [0.4, 0.5) is 0 Å². The van der Waals surface area contributed by atoms with E-state index in [2.05, 4.69) is 30.7 Å². The lowest BCUT2D eigenvalue weighted by Gasteiger charge is -2.11. The van der Waals surface area contributed by atoms with Crippen molar-refractivity contribution in [3.8, 4) is 0 Å². The SMILES string of the molecule is CCCC(O)Cc1cc(C)nc(C(C)C)n1. The fraction of sp³-hybridized carbons (Fsp3) is 0.692. The van der Waals surface area contributed by atoms with Gasteiger partial charge in [-0.1, -0.05) is 27.2 Å². The molecule has 0 saturated heterocycles. The minimum absolute atomic E-state index is 0.278.